The van der Waals surface area contributed by atoms with Crippen molar-refractivity contribution >= 4 is 5.97 Å². The Labute approximate surface area is 107 Å². The van der Waals surface area contributed by atoms with E-state index in [1.807, 2.05) is 0 Å². The van der Waals surface area contributed by atoms with E-state index in [0.29, 0.717) is 12.0 Å². The number of carboxylic acids is 1. The molecule has 2 aromatic rings. The normalized spacial score (nSPS) is 10.4. The number of aromatic carboxylic acids is 1. The van der Waals surface area contributed by atoms with Crippen LogP contribution < -0.4 is 5.56 Å². The first kappa shape index (κ1) is 12.9. The third kappa shape index (κ3) is 3.25. The second kappa shape index (κ2) is 5.43. The van der Waals surface area contributed by atoms with Crippen LogP contribution in [-0.4, -0.2) is 21.0 Å². The van der Waals surface area contributed by atoms with Gasteiger partial charge in [-0.25, -0.2) is 14.2 Å². The van der Waals surface area contributed by atoms with E-state index in [1.165, 1.54) is 6.07 Å². The highest BCUT2D eigenvalue weighted by Crippen LogP contribution is 2.09. The summed E-state index contributed by atoms with van der Waals surface area (Å²) < 4.78 is 13.4. The minimum Gasteiger partial charge on any atom is -0.477 e. The lowest BCUT2D eigenvalue weighted by Gasteiger charge is -2.03. The van der Waals surface area contributed by atoms with Crippen LogP contribution in [0.1, 0.15) is 21.9 Å². The monoisotopic (exact) mass is 262 g/mol. The van der Waals surface area contributed by atoms with E-state index < -0.39 is 11.5 Å². The van der Waals surface area contributed by atoms with Gasteiger partial charge in [0.2, 0.25) is 0 Å². The van der Waals surface area contributed by atoms with E-state index in [9.17, 15) is 14.0 Å². The van der Waals surface area contributed by atoms with Crippen molar-refractivity contribution in [1.82, 2.24) is 9.97 Å². The third-order valence-electron chi connectivity index (χ3n) is 2.60. The van der Waals surface area contributed by atoms with Gasteiger partial charge in [0.05, 0.1) is 0 Å². The number of halogens is 1. The van der Waals surface area contributed by atoms with Crippen molar-refractivity contribution in [3.8, 4) is 0 Å². The van der Waals surface area contributed by atoms with Gasteiger partial charge in [0.15, 0.2) is 5.69 Å². The minimum absolute atomic E-state index is 0.230. The summed E-state index contributed by atoms with van der Waals surface area (Å²) in [5, 5.41) is 8.79. The summed E-state index contributed by atoms with van der Waals surface area (Å²) in [6.45, 7) is 0. The second-order valence-corrected chi connectivity index (χ2v) is 3.97. The predicted molar refractivity (Wildman–Crippen MR) is 65.6 cm³/mol. The first-order valence-corrected chi connectivity index (χ1v) is 5.63. The Balaban J connectivity index is 2.18. The van der Waals surface area contributed by atoms with Crippen LogP contribution >= 0.6 is 0 Å². The SMILES string of the molecule is O=C(O)c1cc(=O)[nH]c(CCc2ccccc2F)n1. The number of nitrogens with zero attached hydrogens (tertiary/aromatic N) is 1. The smallest absolute Gasteiger partial charge is 0.354 e. The molecule has 6 heteroatoms. The first-order chi connectivity index (χ1) is 9.06. The molecule has 0 amide bonds. The van der Waals surface area contributed by atoms with Crippen LogP contribution in [0, 0.1) is 5.82 Å². The number of nitrogens with one attached hydrogen (secondary N) is 1. The van der Waals surface area contributed by atoms with Gasteiger partial charge in [0, 0.05) is 12.5 Å². The van der Waals surface area contributed by atoms with Crippen molar-refractivity contribution in [2.75, 3.05) is 0 Å². The lowest BCUT2D eigenvalue weighted by molar-refractivity contribution is 0.0689. The summed E-state index contributed by atoms with van der Waals surface area (Å²) in [4.78, 5) is 28.3. The fourth-order valence-electron chi connectivity index (χ4n) is 1.69. The summed E-state index contributed by atoms with van der Waals surface area (Å²) in [6, 6.07) is 7.19. The predicted octanol–water partition coefficient (Wildman–Crippen LogP) is 1.39. The molecular weight excluding hydrogens is 251 g/mol. The summed E-state index contributed by atoms with van der Waals surface area (Å²) in [5.74, 6) is -1.37. The van der Waals surface area contributed by atoms with Crippen molar-refractivity contribution in [2.24, 2.45) is 0 Å². The molecule has 0 atom stereocenters. The van der Waals surface area contributed by atoms with Crippen LogP contribution in [0.5, 0.6) is 0 Å². The number of aromatic amines is 1. The Morgan fingerprint density at radius 2 is 2.05 bits per heavy atom. The van der Waals surface area contributed by atoms with Crippen LogP contribution in [0.4, 0.5) is 4.39 Å². The zero-order chi connectivity index (χ0) is 13.8. The Kier molecular flexibility index (Phi) is 3.70. The molecule has 0 saturated carbocycles. The van der Waals surface area contributed by atoms with Gasteiger partial charge in [-0.05, 0) is 18.1 Å². The zero-order valence-electron chi connectivity index (χ0n) is 9.89. The molecule has 0 saturated heterocycles. The van der Waals surface area contributed by atoms with Crippen LogP contribution in [0.2, 0.25) is 0 Å². The molecule has 19 heavy (non-hydrogen) atoms. The largest absolute Gasteiger partial charge is 0.477 e. The number of carbonyl (C=O) groups is 1. The lowest BCUT2D eigenvalue weighted by Crippen LogP contribution is -2.16. The number of H-pyrrole nitrogens is 1. The number of benzene rings is 1. The Morgan fingerprint density at radius 3 is 2.74 bits per heavy atom. The molecule has 2 N–H and O–H groups in total. The van der Waals surface area contributed by atoms with E-state index in [0.717, 1.165) is 6.07 Å². The van der Waals surface area contributed by atoms with Crippen LogP contribution in [0.3, 0.4) is 0 Å². The van der Waals surface area contributed by atoms with Gasteiger partial charge < -0.3 is 10.1 Å². The van der Waals surface area contributed by atoms with Crippen molar-refractivity contribution in [3.63, 3.8) is 0 Å². The van der Waals surface area contributed by atoms with E-state index in [4.69, 9.17) is 5.11 Å². The van der Waals surface area contributed by atoms with Gasteiger partial charge in [-0.1, -0.05) is 18.2 Å². The molecule has 0 radical (unpaired) electrons. The molecule has 0 aliphatic heterocycles. The van der Waals surface area contributed by atoms with Gasteiger partial charge >= 0.3 is 5.97 Å². The maximum atomic E-state index is 13.4. The molecule has 2 rings (SSSR count). The van der Waals surface area contributed by atoms with E-state index in [-0.39, 0.29) is 23.8 Å². The molecule has 0 spiro atoms. The first-order valence-electron chi connectivity index (χ1n) is 5.63. The highest BCUT2D eigenvalue weighted by Gasteiger charge is 2.09. The lowest BCUT2D eigenvalue weighted by atomic mass is 10.1. The molecule has 0 fully saturated rings. The highest BCUT2D eigenvalue weighted by molar-refractivity contribution is 5.85. The number of hydrogen-bond donors (Lipinski definition) is 2. The fraction of sp³-hybridized carbons (Fsp3) is 0.154. The molecule has 0 aliphatic rings. The number of aromatic nitrogens is 2. The molecular formula is C13H11FN2O3. The fourth-order valence-corrected chi connectivity index (χ4v) is 1.69. The molecule has 5 nitrogen and oxygen atoms in total. The van der Waals surface area contributed by atoms with Gasteiger partial charge in [-0.15, -0.1) is 0 Å². The number of rotatable bonds is 4. The summed E-state index contributed by atoms with van der Waals surface area (Å²) in [6.07, 6.45) is 0.593. The van der Waals surface area contributed by atoms with Crippen molar-refractivity contribution in [2.45, 2.75) is 12.8 Å². The summed E-state index contributed by atoms with van der Waals surface area (Å²) in [5.41, 5.74) is -0.353. The van der Waals surface area contributed by atoms with E-state index in [1.54, 1.807) is 18.2 Å². The highest BCUT2D eigenvalue weighted by atomic mass is 19.1. The number of hydrogen-bond acceptors (Lipinski definition) is 3. The third-order valence-corrected chi connectivity index (χ3v) is 2.60. The number of aryl methyl sites for hydroxylation is 2. The van der Waals surface area contributed by atoms with Gasteiger partial charge in [-0.2, -0.15) is 0 Å². The van der Waals surface area contributed by atoms with E-state index in [2.05, 4.69) is 9.97 Å². The zero-order valence-corrected chi connectivity index (χ0v) is 9.89. The maximum Gasteiger partial charge on any atom is 0.354 e. The van der Waals surface area contributed by atoms with Crippen LogP contribution in [0.15, 0.2) is 35.1 Å². The van der Waals surface area contributed by atoms with Crippen molar-refractivity contribution in [1.29, 1.82) is 0 Å². The summed E-state index contributed by atoms with van der Waals surface area (Å²) in [7, 11) is 0. The standard InChI is InChI=1S/C13H11FN2O3/c14-9-4-2-1-3-8(9)5-6-11-15-10(13(18)19)7-12(17)16-11/h1-4,7H,5-6H2,(H,18,19)(H,15,16,17). The van der Waals surface area contributed by atoms with Gasteiger partial charge in [0.25, 0.3) is 5.56 Å². The van der Waals surface area contributed by atoms with Gasteiger partial charge in [0.1, 0.15) is 11.6 Å². The second-order valence-electron chi connectivity index (χ2n) is 3.97. The Hall–Kier alpha value is -2.50. The van der Waals surface area contributed by atoms with Gasteiger partial charge in [-0.3, -0.25) is 4.79 Å². The maximum absolute atomic E-state index is 13.4. The molecule has 1 aromatic heterocycles. The Morgan fingerprint density at radius 1 is 1.32 bits per heavy atom. The van der Waals surface area contributed by atoms with Crippen molar-refractivity contribution < 1.29 is 14.3 Å². The molecule has 0 aliphatic carbocycles. The minimum atomic E-state index is -1.27. The quantitative estimate of drug-likeness (QED) is 0.872. The summed E-state index contributed by atoms with van der Waals surface area (Å²) >= 11 is 0. The molecule has 1 aromatic carbocycles. The van der Waals surface area contributed by atoms with E-state index >= 15 is 0 Å². The molecule has 0 bridgehead atoms. The number of carboxylic acid groups (broad SMARTS) is 1. The molecule has 1 heterocycles. The van der Waals surface area contributed by atoms with Crippen LogP contribution in [-0.2, 0) is 12.8 Å². The average Bonchev–Trinajstić information content (AvgIpc) is 2.37. The van der Waals surface area contributed by atoms with Crippen LogP contribution in [0.25, 0.3) is 0 Å². The van der Waals surface area contributed by atoms with Crippen molar-refractivity contribution in [3.05, 3.63) is 63.6 Å². The molecule has 98 valence electrons. The molecule has 0 unspecified atom stereocenters. The topological polar surface area (TPSA) is 83.0 Å². The Bertz CT molecular complexity index is 667. The average molecular weight is 262 g/mol.